The van der Waals surface area contributed by atoms with Crippen LogP contribution in [-0.4, -0.2) is 37.9 Å². The van der Waals surface area contributed by atoms with Gasteiger partial charge < -0.3 is 4.90 Å². The second kappa shape index (κ2) is 7.45. The molecule has 23 heavy (non-hydrogen) atoms. The van der Waals surface area contributed by atoms with Gasteiger partial charge in [0.1, 0.15) is 0 Å². The van der Waals surface area contributed by atoms with Crippen LogP contribution in [0.3, 0.4) is 0 Å². The van der Waals surface area contributed by atoms with Gasteiger partial charge in [-0.05, 0) is 57.7 Å². The lowest BCUT2D eigenvalue weighted by molar-refractivity contribution is 0.0608. The molecule has 0 saturated carbocycles. The third kappa shape index (κ3) is 4.32. The van der Waals surface area contributed by atoms with Crippen molar-refractivity contribution in [1.82, 2.24) is 9.62 Å². The number of likely N-dealkylation sites (tertiary alicyclic amines) is 1. The molecule has 1 aliphatic heterocycles. The fourth-order valence-corrected chi connectivity index (χ4v) is 4.33. The molecule has 1 atom stereocenters. The van der Waals surface area contributed by atoms with Gasteiger partial charge in [-0.15, -0.1) is 0 Å². The number of hydrogen-bond acceptors (Lipinski definition) is 3. The summed E-state index contributed by atoms with van der Waals surface area (Å²) in [6, 6.07) is 6.39. The van der Waals surface area contributed by atoms with E-state index < -0.39 is 10.0 Å². The van der Waals surface area contributed by atoms with Crippen molar-refractivity contribution in [3.63, 3.8) is 0 Å². The second-order valence-electron chi connectivity index (χ2n) is 6.36. The third-order valence-electron chi connectivity index (χ3n) is 4.14. The van der Waals surface area contributed by atoms with Crippen molar-refractivity contribution in [2.24, 2.45) is 0 Å². The van der Waals surface area contributed by atoms with E-state index in [2.05, 4.69) is 11.6 Å². The first-order chi connectivity index (χ1) is 10.8. The zero-order chi connectivity index (χ0) is 17.0. The van der Waals surface area contributed by atoms with Crippen LogP contribution in [0.2, 0.25) is 0 Å². The van der Waals surface area contributed by atoms with Crippen molar-refractivity contribution in [3.05, 3.63) is 29.8 Å². The molecule has 0 aliphatic carbocycles. The molecule has 1 saturated heterocycles. The average Bonchev–Trinajstić information content (AvgIpc) is 2.53. The highest BCUT2D eigenvalue weighted by molar-refractivity contribution is 7.89. The summed E-state index contributed by atoms with van der Waals surface area (Å²) in [7, 11) is -3.59. The first-order valence-corrected chi connectivity index (χ1v) is 9.77. The lowest BCUT2D eigenvalue weighted by Crippen LogP contribution is -2.43. The van der Waals surface area contributed by atoms with Crippen molar-refractivity contribution < 1.29 is 13.2 Å². The molecular weight excluding hydrogens is 312 g/mol. The summed E-state index contributed by atoms with van der Waals surface area (Å²) < 4.78 is 27.1. The molecule has 1 unspecified atom stereocenters. The minimum atomic E-state index is -3.59. The molecular formula is C17H26N2O3S. The summed E-state index contributed by atoms with van der Waals surface area (Å²) in [5, 5.41) is 0. The largest absolute Gasteiger partial charge is 0.336 e. The molecule has 0 bridgehead atoms. The Morgan fingerprint density at radius 1 is 1.35 bits per heavy atom. The number of hydrogen-bond donors (Lipinski definition) is 1. The SMILES string of the molecule is CCC1CCCCN1C(=O)c1cccc(S(=O)(=O)NC(C)C)c1. The van der Waals surface area contributed by atoms with Gasteiger partial charge in [-0.3, -0.25) is 4.79 Å². The van der Waals surface area contributed by atoms with Crippen LogP contribution in [-0.2, 0) is 10.0 Å². The Labute approximate surface area is 139 Å². The van der Waals surface area contributed by atoms with E-state index in [4.69, 9.17) is 0 Å². The lowest BCUT2D eigenvalue weighted by Gasteiger charge is -2.35. The molecule has 0 radical (unpaired) electrons. The van der Waals surface area contributed by atoms with Crippen LogP contribution in [0.1, 0.15) is 56.8 Å². The van der Waals surface area contributed by atoms with Gasteiger partial charge in [-0.25, -0.2) is 13.1 Å². The van der Waals surface area contributed by atoms with Gasteiger partial charge in [0.15, 0.2) is 0 Å². The topological polar surface area (TPSA) is 66.5 Å². The number of nitrogens with zero attached hydrogens (tertiary/aromatic N) is 1. The Kier molecular flexibility index (Phi) is 5.81. The van der Waals surface area contributed by atoms with Crippen molar-refractivity contribution in [1.29, 1.82) is 0 Å². The molecule has 128 valence electrons. The zero-order valence-electron chi connectivity index (χ0n) is 14.1. The number of carbonyl (C=O) groups excluding carboxylic acids is 1. The number of amides is 1. The summed E-state index contributed by atoms with van der Waals surface area (Å²) in [5.41, 5.74) is 0.442. The fourth-order valence-electron chi connectivity index (χ4n) is 3.03. The van der Waals surface area contributed by atoms with Gasteiger partial charge in [-0.1, -0.05) is 13.0 Å². The summed E-state index contributed by atoms with van der Waals surface area (Å²) >= 11 is 0. The molecule has 1 heterocycles. The van der Waals surface area contributed by atoms with Gasteiger partial charge in [-0.2, -0.15) is 0 Å². The van der Waals surface area contributed by atoms with Gasteiger partial charge >= 0.3 is 0 Å². The van der Waals surface area contributed by atoms with Crippen LogP contribution in [0.15, 0.2) is 29.2 Å². The van der Waals surface area contributed by atoms with Crippen LogP contribution >= 0.6 is 0 Å². The van der Waals surface area contributed by atoms with E-state index in [1.165, 1.54) is 12.1 Å². The molecule has 1 aromatic carbocycles. The maximum atomic E-state index is 12.8. The third-order valence-corrected chi connectivity index (χ3v) is 5.80. The van der Waals surface area contributed by atoms with Crippen LogP contribution in [0, 0.1) is 0 Å². The molecule has 0 aromatic heterocycles. The van der Waals surface area contributed by atoms with E-state index in [1.54, 1.807) is 26.0 Å². The van der Waals surface area contributed by atoms with Crippen molar-refractivity contribution in [3.8, 4) is 0 Å². The number of sulfonamides is 1. The van der Waals surface area contributed by atoms with Crippen LogP contribution in [0.4, 0.5) is 0 Å². The normalized spacial score (nSPS) is 19.1. The zero-order valence-corrected chi connectivity index (χ0v) is 14.9. The first-order valence-electron chi connectivity index (χ1n) is 8.28. The number of nitrogens with one attached hydrogen (secondary N) is 1. The Morgan fingerprint density at radius 2 is 2.09 bits per heavy atom. The summed E-state index contributed by atoms with van der Waals surface area (Å²) in [6.07, 6.45) is 4.11. The maximum Gasteiger partial charge on any atom is 0.254 e. The molecule has 5 nitrogen and oxygen atoms in total. The van der Waals surface area contributed by atoms with E-state index in [0.29, 0.717) is 5.56 Å². The Bertz CT molecular complexity index is 656. The fraction of sp³-hybridized carbons (Fsp3) is 0.588. The van der Waals surface area contributed by atoms with E-state index >= 15 is 0 Å². The molecule has 6 heteroatoms. The van der Waals surface area contributed by atoms with E-state index in [-0.39, 0.29) is 22.9 Å². The van der Waals surface area contributed by atoms with Gasteiger partial charge in [0.25, 0.3) is 5.91 Å². The van der Waals surface area contributed by atoms with E-state index in [0.717, 1.165) is 32.2 Å². The van der Waals surface area contributed by atoms with Crippen molar-refractivity contribution in [2.75, 3.05) is 6.54 Å². The quantitative estimate of drug-likeness (QED) is 0.898. The smallest absolute Gasteiger partial charge is 0.254 e. The summed E-state index contributed by atoms with van der Waals surface area (Å²) in [5.74, 6) is -0.0712. The monoisotopic (exact) mass is 338 g/mol. The molecule has 0 spiro atoms. The number of piperidine rings is 1. The molecule has 1 N–H and O–H groups in total. The van der Waals surface area contributed by atoms with Gasteiger partial charge in [0.2, 0.25) is 10.0 Å². The average molecular weight is 338 g/mol. The van der Waals surface area contributed by atoms with Crippen molar-refractivity contribution in [2.45, 2.75) is 63.4 Å². The van der Waals surface area contributed by atoms with Crippen LogP contribution in [0.25, 0.3) is 0 Å². The van der Waals surface area contributed by atoms with E-state index in [9.17, 15) is 13.2 Å². The van der Waals surface area contributed by atoms with Crippen LogP contribution in [0.5, 0.6) is 0 Å². The van der Waals surface area contributed by atoms with E-state index in [1.807, 2.05) is 4.90 Å². The maximum absolute atomic E-state index is 12.8. The Balaban J connectivity index is 2.27. The van der Waals surface area contributed by atoms with Gasteiger partial charge in [0.05, 0.1) is 4.90 Å². The van der Waals surface area contributed by atoms with Crippen molar-refractivity contribution >= 4 is 15.9 Å². The van der Waals surface area contributed by atoms with Crippen LogP contribution < -0.4 is 4.72 Å². The number of carbonyl (C=O) groups is 1. The molecule has 1 fully saturated rings. The minimum absolute atomic E-state index is 0.0712. The Hall–Kier alpha value is -1.40. The lowest BCUT2D eigenvalue weighted by atomic mass is 9.99. The highest BCUT2D eigenvalue weighted by Crippen LogP contribution is 2.22. The molecule has 1 amide bonds. The second-order valence-corrected chi connectivity index (χ2v) is 8.07. The predicted molar refractivity (Wildman–Crippen MR) is 90.9 cm³/mol. The highest BCUT2D eigenvalue weighted by Gasteiger charge is 2.27. The number of rotatable bonds is 5. The summed E-state index contributed by atoms with van der Waals surface area (Å²) in [6.45, 7) is 6.38. The molecule has 2 rings (SSSR count). The Morgan fingerprint density at radius 3 is 2.74 bits per heavy atom. The predicted octanol–water partition coefficient (Wildman–Crippen LogP) is 2.78. The molecule has 1 aliphatic rings. The summed E-state index contributed by atoms with van der Waals surface area (Å²) in [4.78, 5) is 14.8. The highest BCUT2D eigenvalue weighted by atomic mass is 32.2. The first kappa shape index (κ1) is 17.9. The minimum Gasteiger partial charge on any atom is -0.336 e. The van der Waals surface area contributed by atoms with Gasteiger partial charge in [0, 0.05) is 24.2 Å². The molecule has 1 aromatic rings. The number of benzene rings is 1. The standard InChI is InChI=1S/C17H26N2O3S/c1-4-15-9-5-6-11-19(15)17(20)14-8-7-10-16(12-14)23(21,22)18-13(2)3/h7-8,10,12-13,15,18H,4-6,9,11H2,1-3H3.